The van der Waals surface area contributed by atoms with Crippen molar-refractivity contribution < 1.29 is 60.0 Å². The monoisotopic (exact) mass is 822 g/mol. The van der Waals surface area contributed by atoms with Crippen LogP contribution in [0.2, 0.25) is 10.0 Å². The van der Waals surface area contributed by atoms with E-state index in [4.69, 9.17) is 27.9 Å². The van der Waals surface area contributed by atoms with E-state index < -0.39 is 110 Å². The number of hydrogen-bond acceptors (Lipinski definition) is 12. The second-order valence-electron chi connectivity index (χ2n) is 15.6. The highest BCUT2D eigenvalue weighted by Gasteiger charge is 2.59. The molecule has 2 aliphatic carbocycles. The number of allylic oxidation sites excluding steroid dienone is 1. The van der Waals surface area contributed by atoms with Crippen molar-refractivity contribution in [2.75, 3.05) is 7.11 Å². The van der Waals surface area contributed by atoms with Crippen LogP contribution in [0.15, 0.2) is 47.9 Å². The number of hydrogen-bond donors (Lipinski definition) is 8. The Kier molecular flexibility index (Phi) is 10.3. The van der Waals surface area contributed by atoms with E-state index in [1.165, 1.54) is 45.0 Å². The molecule has 8 N–H and O–H groups in total. The molecule has 14 heteroatoms. The van der Waals surface area contributed by atoms with Crippen molar-refractivity contribution in [3.8, 4) is 34.1 Å². The normalized spacial score (nSPS) is 25.4. The van der Waals surface area contributed by atoms with Crippen LogP contribution in [0.5, 0.6) is 23.0 Å². The van der Waals surface area contributed by atoms with E-state index in [0.717, 1.165) is 13.2 Å². The second kappa shape index (κ2) is 14.1. The summed E-state index contributed by atoms with van der Waals surface area (Å²) in [7, 11) is 1.06. The second-order valence-corrected chi connectivity index (χ2v) is 16.4. The highest BCUT2D eigenvalue weighted by atomic mass is 35.5. The van der Waals surface area contributed by atoms with Gasteiger partial charge < -0.3 is 45.6 Å². The van der Waals surface area contributed by atoms with Crippen LogP contribution >= 0.6 is 23.2 Å². The number of fused-ring (bicyclic) bond motifs is 4. The Morgan fingerprint density at radius 1 is 0.684 bits per heavy atom. The lowest BCUT2D eigenvalue weighted by atomic mass is 9.56. The van der Waals surface area contributed by atoms with E-state index in [2.05, 4.69) is 0 Å². The van der Waals surface area contributed by atoms with Gasteiger partial charge in [0.1, 0.15) is 28.8 Å². The van der Waals surface area contributed by atoms with Gasteiger partial charge in [-0.05, 0) is 71.4 Å². The molecule has 0 aliphatic heterocycles. The van der Waals surface area contributed by atoms with Crippen LogP contribution in [0.3, 0.4) is 0 Å². The SMILES string of the molecule is C/C=C(\O)C1c2c(c(O)c3c(O)ccc(Cl)c3c2-c2c3c(c(O)c4c(O)ccc(Cl)c24)C(=O)C(C)C(O)(C(C)C)C3/C(O)=C/C(=O)OC)C(=O)C(C)C1(O)C(C)C. The standard InChI is InChI=1S/C43H44Cl2O12/c1-9-21(46)36-32-30(26-19(44)10-12-22(47)28(26)40(53)34(32)38(51)17(6)42(36,55)15(2)3)31-27-20(45)11-13-23(48)29(27)41(54)35-33(31)37(24(49)14-25(50)57-8)43(56,16(4)5)18(7)39(35)52/h9-18,36-37,46-49,53-56H,1-8H3/b21-9-,24-14-. The summed E-state index contributed by atoms with van der Waals surface area (Å²) in [5.74, 6) is -14.4. The molecule has 4 aromatic carbocycles. The lowest BCUT2D eigenvalue weighted by molar-refractivity contribution is -0.135. The zero-order chi connectivity index (χ0) is 42.5. The maximum atomic E-state index is 14.8. The fourth-order valence-electron chi connectivity index (χ4n) is 9.40. The fraction of sp³-hybridized carbons (Fsp3) is 0.372. The predicted octanol–water partition coefficient (Wildman–Crippen LogP) is 8.47. The first-order valence-corrected chi connectivity index (χ1v) is 19.1. The van der Waals surface area contributed by atoms with Gasteiger partial charge in [-0.25, -0.2) is 4.79 Å². The molecule has 0 saturated heterocycles. The minimum Gasteiger partial charge on any atom is -0.512 e. The largest absolute Gasteiger partial charge is 0.512 e. The highest BCUT2D eigenvalue weighted by molar-refractivity contribution is 6.41. The highest BCUT2D eigenvalue weighted by Crippen LogP contribution is 2.63. The van der Waals surface area contributed by atoms with Gasteiger partial charge in [0.05, 0.1) is 63.9 Å². The van der Waals surface area contributed by atoms with Gasteiger partial charge in [0.25, 0.3) is 0 Å². The first kappa shape index (κ1) is 41.6. The Morgan fingerprint density at radius 3 is 1.39 bits per heavy atom. The third kappa shape index (κ3) is 5.51. The zero-order valence-electron chi connectivity index (χ0n) is 32.4. The molecule has 6 unspecified atom stereocenters. The number of methoxy groups -OCH3 is 1. The molecule has 0 amide bonds. The Labute approximate surface area is 337 Å². The average Bonchev–Trinajstić information content (AvgIpc) is 3.15. The minimum absolute atomic E-state index is 0.166. The molecule has 2 aliphatic rings. The Morgan fingerprint density at radius 2 is 1.05 bits per heavy atom. The lowest BCUT2D eigenvalue weighted by Crippen LogP contribution is -2.55. The van der Waals surface area contributed by atoms with Crippen LogP contribution in [-0.2, 0) is 9.53 Å². The fourth-order valence-corrected chi connectivity index (χ4v) is 9.91. The number of ketones is 2. The molecule has 12 nitrogen and oxygen atoms in total. The third-order valence-electron chi connectivity index (χ3n) is 12.4. The van der Waals surface area contributed by atoms with E-state index in [1.54, 1.807) is 27.7 Å². The van der Waals surface area contributed by atoms with Gasteiger partial charge in [-0.3, -0.25) is 9.59 Å². The van der Waals surface area contributed by atoms with Gasteiger partial charge in [0.15, 0.2) is 11.6 Å². The Bertz CT molecular complexity index is 2500. The van der Waals surface area contributed by atoms with Crippen LogP contribution in [0, 0.1) is 23.7 Å². The number of phenols is 4. The average molecular weight is 824 g/mol. The van der Waals surface area contributed by atoms with E-state index in [-0.39, 0.29) is 53.8 Å². The summed E-state index contributed by atoms with van der Waals surface area (Å²) >= 11 is 14.0. The topological polar surface area (TPSA) is 222 Å². The van der Waals surface area contributed by atoms with Gasteiger partial charge in [0.2, 0.25) is 0 Å². The van der Waals surface area contributed by atoms with Crippen molar-refractivity contribution >= 4 is 62.3 Å². The van der Waals surface area contributed by atoms with Crippen molar-refractivity contribution in [3.05, 3.63) is 80.2 Å². The summed E-state index contributed by atoms with van der Waals surface area (Å²) in [6.45, 7) is 10.7. The number of aromatic hydroxyl groups is 4. The summed E-state index contributed by atoms with van der Waals surface area (Å²) in [5, 5.41) is 95.2. The summed E-state index contributed by atoms with van der Waals surface area (Å²) < 4.78 is 4.81. The Balaban J connectivity index is 2.11. The van der Waals surface area contributed by atoms with Gasteiger partial charge in [-0.15, -0.1) is 0 Å². The number of aliphatic hydroxyl groups excluding tert-OH is 2. The van der Waals surface area contributed by atoms with E-state index in [1.807, 2.05) is 0 Å². The molecule has 6 rings (SSSR count). The maximum absolute atomic E-state index is 14.8. The number of carbonyl (C=O) groups excluding carboxylic acids is 3. The molecular weight excluding hydrogens is 779 g/mol. The van der Waals surface area contributed by atoms with E-state index in [0.29, 0.717) is 6.08 Å². The molecule has 0 spiro atoms. The van der Waals surface area contributed by atoms with Crippen molar-refractivity contribution in [3.63, 3.8) is 0 Å². The van der Waals surface area contributed by atoms with Gasteiger partial charge in [-0.1, -0.05) is 64.7 Å². The number of benzene rings is 4. The third-order valence-corrected chi connectivity index (χ3v) is 13.0. The smallest absolute Gasteiger partial charge is 0.333 e. The molecule has 4 aromatic rings. The molecule has 0 bridgehead atoms. The molecule has 6 atom stereocenters. The van der Waals surface area contributed by atoms with Crippen molar-refractivity contribution in [1.29, 1.82) is 0 Å². The first-order chi connectivity index (χ1) is 26.6. The van der Waals surface area contributed by atoms with Crippen LogP contribution in [0.4, 0.5) is 0 Å². The maximum Gasteiger partial charge on any atom is 0.333 e. The van der Waals surface area contributed by atoms with Crippen LogP contribution < -0.4 is 0 Å². The van der Waals surface area contributed by atoms with Gasteiger partial charge >= 0.3 is 5.97 Å². The van der Waals surface area contributed by atoms with Gasteiger partial charge in [-0.2, -0.15) is 0 Å². The summed E-state index contributed by atoms with van der Waals surface area (Å²) in [5.41, 5.74) is -6.41. The Hall–Kier alpha value is -5.01. The molecule has 0 radical (unpaired) electrons. The van der Waals surface area contributed by atoms with E-state index >= 15 is 0 Å². The lowest BCUT2D eigenvalue weighted by Gasteiger charge is -2.49. The first-order valence-electron chi connectivity index (χ1n) is 18.3. The molecule has 0 saturated carbocycles. The van der Waals surface area contributed by atoms with Crippen molar-refractivity contribution in [2.45, 2.75) is 71.5 Å². The summed E-state index contributed by atoms with van der Waals surface area (Å²) in [6.07, 6.45) is 1.98. The van der Waals surface area contributed by atoms with Gasteiger partial charge in [0, 0.05) is 32.7 Å². The van der Waals surface area contributed by atoms with Crippen LogP contribution in [0.1, 0.15) is 92.1 Å². The number of rotatable bonds is 6. The molecule has 0 aromatic heterocycles. The molecule has 302 valence electrons. The predicted molar refractivity (Wildman–Crippen MR) is 215 cm³/mol. The number of halogens is 2. The number of esters is 1. The summed E-state index contributed by atoms with van der Waals surface area (Å²) in [4.78, 5) is 42.3. The number of carbonyl (C=O) groups is 3. The van der Waals surface area contributed by atoms with Crippen molar-refractivity contribution in [2.24, 2.45) is 23.7 Å². The molecule has 57 heavy (non-hydrogen) atoms. The number of ether oxygens (including phenoxy) is 1. The minimum atomic E-state index is -2.26. The zero-order valence-corrected chi connectivity index (χ0v) is 33.9. The van der Waals surface area contributed by atoms with Crippen molar-refractivity contribution in [1.82, 2.24) is 0 Å². The molecule has 0 heterocycles. The molecular formula is C43H44Cl2O12. The summed E-state index contributed by atoms with van der Waals surface area (Å²) in [6, 6.07) is 4.87. The van der Waals surface area contributed by atoms with Crippen LogP contribution in [-0.4, -0.2) is 76.7 Å². The number of aliphatic hydroxyl groups is 4. The van der Waals surface area contributed by atoms with E-state index in [9.17, 15) is 55.2 Å². The molecule has 0 fully saturated rings. The number of phenolic OH excluding ortho intramolecular Hbond substituents is 4. The quantitative estimate of drug-likeness (QED) is 0.0521. The number of Topliss-reactive ketones (excluding diaryl/α,β-unsaturated/α-hetero) is 2. The van der Waals surface area contributed by atoms with Crippen LogP contribution in [0.25, 0.3) is 32.7 Å².